The zero-order chi connectivity index (χ0) is 8.97. The minimum atomic E-state index is 0.244. The highest BCUT2D eigenvalue weighted by atomic mass is 32.2. The maximum Gasteiger partial charge on any atom is 0.151 e. The Morgan fingerprint density at radius 2 is 2.42 bits per heavy atom. The Bertz CT molecular complexity index is 160. The van der Waals surface area contributed by atoms with Crippen LogP contribution >= 0.6 is 11.8 Å². The molecule has 1 unspecified atom stereocenters. The Labute approximate surface area is 78.2 Å². The second kappa shape index (κ2) is 4.72. The highest BCUT2D eigenvalue weighted by Crippen LogP contribution is 2.18. The van der Waals surface area contributed by atoms with Crippen LogP contribution < -0.4 is 5.73 Å². The molecule has 0 spiro atoms. The maximum absolute atomic E-state index is 7.10. The molecule has 3 N–H and O–H groups in total. The van der Waals surface area contributed by atoms with E-state index in [1.807, 2.05) is 0 Å². The van der Waals surface area contributed by atoms with Gasteiger partial charge in [-0.2, -0.15) is 0 Å². The molecule has 1 saturated heterocycles. The number of hydrogen-bond donors (Lipinski definition) is 2. The van der Waals surface area contributed by atoms with Crippen molar-refractivity contribution < 1.29 is 0 Å². The SMILES string of the molecule is CN1CCCCC1CSC(=N)N. The van der Waals surface area contributed by atoms with Crippen LogP contribution in [0.15, 0.2) is 0 Å². The summed E-state index contributed by atoms with van der Waals surface area (Å²) in [6.07, 6.45) is 3.90. The van der Waals surface area contributed by atoms with E-state index in [2.05, 4.69) is 11.9 Å². The lowest BCUT2D eigenvalue weighted by Gasteiger charge is -2.31. The van der Waals surface area contributed by atoms with Crippen molar-refractivity contribution in [2.24, 2.45) is 5.73 Å². The molecule has 70 valence electrons. The van der Waals surface area contributed by atoms with Crippen LogP contribution in [0.1, 0.15) is 19.3 Å². The highest BCUT2D eigenvalue weighted by Gasteiger charge is 2.18. The quantitative estimate of drug-likeness (QED) is 0.503. The summed E-state index contributed by atoms with van der Waals surface area (Å²) >= 11 is 1.46. The Morgan fingerprint density at radius 1 is 1.67 bits per heavy atom. The highest BCUT2D eigenvalue weighted by molar-refractivity contribution is 8.13. The van der Waals surface area contributed by atoms with E-state index in [4.69, 9.17) is 11.1 Å². The van der Waals surface area contributed by atoms with E-state index in [0.717, 1.165) is 5.75 Å². The van der Waals surface area contributed by atoms with Crippen molar-refractivity contribution >= 4 is 16.9 Å². The lowest BCUT2D eigenvalue weighted by atomic mass is 10.1. The van der Waals surface area contributed by atoms with Crippen molar-refractivity contribution in [2.45, 2.75) is 25.3 Å². The first-order valence-electron chi connectivity index (χ1n) is 4.37. The van der Waals surface area contributed by atoms with Crippen molar-refractivity contribution in [3.63, 3.8) is 0 Å². The fraction of sp³-hybridized carbons (Fsp3) is 0.875. The van der Waals surface area contributed by atoms with Crippen LogP contribution in [-0.2, 0) is 0 Å². The van der Waals surface area contributed by atoms with Crippen LogP contribution in [0.5, 0.6) is 0 Å². The number of nitrogens with zero attached hydrogens (tertiary/aromatic N) is 1. The number of piperidine rings is 1. The van der Waals surface area contributed by atoms with Gasteiger partial charge in [-0.15, -0.1) is 0 Å². The van der Waals surface area contributed by atoms with Gasteiger partial charge in [-0.05, 0) is 26.4 Å². The molecule has 1 fully saturated rings. The fourth-order valence-electron chi connectivity index (χ4n) is 1.54. The molecule has 1 aliphatic rings. The van der Waals surface area contributed by atoms with Gasteiger partial charge in [-0.3, -0.25) is 5.41 Å². The first kappa shape index (κ1) is 9.86. The van der Waals surface area contributed by atoms with Crippen molar-refractivity contribution in [3.05, 3.63) is 0 Å². The molecule has 1 aliphatic heterocycles. The third kappa shape index (κ3) is 3.03. The molecular formula is C8H17N3S. The predicted molar refractivity (Wildman–Crippen MR) is 54.6 cm³/mol. The van der Waals surface area contributed by atoms with Gasteiger partial charge in [-0.25, -0.2) is 0 Å². The monoisotopic (exact) mass is 187 g/mol. The van der Waals surface area contributed by atoms with E-state index in [1.54, 1.807) is 0 Å². The van der Waals surface area contributed by atoms with Gasteiger partial charge in [0.1, 0.15) is 0 Å². The number of thioether (sulfide) groups is 1. The number of likely N-dealkylation sites (tertiary alicyclic amines) is 1. The molecule has 0 bridgehead atoms. The van der Waals surface area contributed by atoms with Gasteiger partial charge in [0.15, 0.2) is 5.17 Å². The molecule has 0 saturated carbocycles. The standard InChI is InChI=1S/C8H17N3S/c1-11-5-3-2-4-7(11)6-12-8(9)10/h7H,2-6H2,1H3,(H3,9,10). The summed E-state index contributed by atoms with van der Waals surface area (Å²) < 4.78 is 0. The van der Waals surface area contributed by atoms with E-state index in [0.29, 0.717) is 6.04 Å². The van der Waals surface area contributed by atoms with Gasteiger partial charge in [0.2, 0.25) is 0 Å². The maximum atomic E-state index is 7.10. The van der Waals surface area contributed by atoms with Crippen LogP contribution in [-0.4, -0.2) is 35.5 Å². The number of nitrogens with two attached hydrogens (primary N) is 1. The van der Waals surface area contributed by atoms with Gasteiger partial charge in [0.05, 0.1) is 0 Å². The molecule has 1 atom stereocenters. The van der Waals surface area contributed by atoms with Crippen molar-refractivity contribution in [1.82, 2.24) is 4.90 Å². The topological polar surface area (TPSA) is 53.1 Å². The van der Waals surface area contributed by atoms with E-state index in [1.165, 1.54) is 37.6 Å². The molecule has 0 aromatic rings. The molecule has 4 heteroatoms. The Balaban J connectivity index is 2.24. The second-order valence-corrected chi connectivity index (χ2v) is 4.37. The minimum Gasteiger partial charge on any atom is -0.379 e. The van der Waals surface area contributed by atoms with E-state index < -0.39 is 0 Å². The van der Waals surface area contributed by atoms with Crippen molar-refractivity contribution in [2.75, 3.05) is 19.3 Å². The molecule has 12 heavy (non-hydrogen) atoms. The zero-order valence-corrected chi connectivity index (χ0v) is 8.36. The van der Waals surface area contributed by atoms with Gasteiger partial charge < -0.3 is 10.6 Å². The summed E-state index contributed by atoms with van der Waals surface area (Å²) in [7, 11) is 2.16. The first-order chi connectivity index (χ1) is 5.70. The van der Waals surface area contributed by atoms with Crippen LogP contribution in [0.3, 0.4) is 0 Å². The van der Waals surface area contributed by atoms with E-state index >= 15 is 0 Å². The molecule has 0 aromatic carbocycles. The van der Waals surface area contributed by atoms with Crippen LogP contribution in [0, 0.1) is 5.41 Å². The number of nitrogens with one attached hydrogen (secondary N) is 1. The Morgan fingerprint density at radius 3 is 3.00 bits per heavy atom. The first-order valence-corrected chi connectivity index (χ1v) is 5.36. The summed E-state index contributed by atoms with van der Waals surface area (Å²) in [4.78, 5) is 2.37. The summed E-state index contributed by atoms with van der Waals surface area (Å²) in [6, 6.07) is 0.632. The number of hydrogen-bond acceptors (Lipinski definition) is 3. The van der Waals surface area contributed by atoms with E-state index in [-0.39, 0.29) is 5.17 Å². The van der Waals surface area contributed by atoms with Crippen molar-refractivity contribution in [3.8, 4) is 0 Å². The van der Waals surface area contributed by atoms with Gasteiger partial charge in [0.25, 0.3) is 0 Å². The molecule has 0 amide bonds. The van der Waals surface area contributed by atoms with E-state index in [9.17, 15) is 0 Å². The smallest absolute Gasteiger partial charge is 0.151 e. The Kier molecular flexibility index (Phi) is 3.88. The summed E-state index contributed by atoms with van der Waals surface area (Å²) in [5.74, 6) is 0.978. The summed E-state index contributed by atoms with van der Waals surface area (Å²) in [6.45, 7) is 1.20. The lowest BCUT2D eigenvalue weighted by molar-refractivity contribution is 0.204. The van der Waals surface area contributed by atoms with Gasteiger partial charge in [0, 0.05) is 11.8 Å². The Hall–Kier alpha value is -0.220. The fourth-order valence-corrected chi connectivity index (χ4v) is 2.33. The predicted octanol–water partition coefficient (Wildman–Crippen LogP) is 1.10. The normalized spacial score (nSPS) is 25.6. The average molecular weight is 187 g/mol. The number of rotatable bonds is 2. The second-order valence-electron chi connectivity index (χ2n) is 3.31. The molecular weight excluding hydrogens is 170 g/mol. The molecule has 1 heterocycles. The minimum absolute atomic E-state index is 0.244. The summed E-state index contributed by atoms with van der Waals surface area (Å²) in [5, 5.41) is 7.35. The number of amidine groups is 1. The molecule has 0 aliphatic carbocycles. The third-order valence-corrected chi connectivity index (χ3v) is 3.22. The average Bonchev–Trinajstić information content (AvgIpc) is 2.03. The molecule has 1 rings (SSSR count). The molecule has 0 aromatic heterocycles. The van der Waals surface area contributed by atoms with Gasteiger partial charge >= 0.3 is 0 Å². The van der Waals surface area contributed by atoms with Crippen molar-refractivity contribution in [1.29, 1.82) is 5.41 Å². The molecule has 0 radical (unpaired) electrons. The largest absolute Gasteiger partial charge is 0.379 e. The van der Waals surface area contributed by atoms with Gasteiger partial charge in [-0.1, -0.05) is 18.2 Å². The molecule has 3 nitrogen and oxygen atoms in total. The zero-order valence-electron chi connectivity index (χ0n) is 7.55. The summed E-state index contributed by atoms with van der Waals surface area (Å²) in [5.41, 5.74) is 5.28. The lowest BCUT2D eigenvalue weighted by Crippen LogP contribution is -2.38. The van der Waals surface area contributed by atoms with Crippen LogP contribution in [0.25, 0.3) is 0 Å². The van der Waals surface area contributed by atoms with Crippen LogP contribution in [0.4, 0.5) is 0 Å². The third-order valence-electron chi connectivity index (χ3n) is 2.35. The van der Waals surface area contributed by atoms with Crippen LogP contribution in [0.2, 0.25) is 0 Å².